The summed E-state index contributed by atoms with van der Waals surface area (Å²) < 4.78 is 13.2. The Balaban J connectivity index is 1.27. The van der Waals surface area contributed by atoms with Crippen molar-refractivity contribution in [1.29, 1.82) is 0 Å². The molecular formula is C29H28FN5O. The van der Waals surface area contributed by atoms with E-state index in [4.69, 9.17) is 6.42 Å². The number of amides is 2. The number of nitrogens with one attached hydrogen (secondary N) is 1. The highest BCUT2D eigenvalue weighted by Gasteiger charge is 2.31. The Hall–Kier alpha value is -4.18. The number of rotatable bonds is 4. The van der Waals surface area contributed by atoms with Gasteiger partial charge in [0.15, 0.2) is 0 Å². The van der Waals surface area contributed by atoms with Crippen molar-refractivity contribution in [2.24, 2.45) is 0 Å². The van der Waals surface area contributed by atoms with Crippen LogP contribution in [0.2, 0.25) is 0 Å². The minimum atomic E-state index is -0.290. The molecule has 1 aliphatic carbocycles. The van der Waals surface area contributed by atoms with Crippen LogP contribution in [0.5, 0.6) is 0 Å². The summed E-state index contributed by atoms with van der Waals surface area (Å²) in [5, 5.41) is 3.04. The molecule has 2 amide bonds. The van der Waals surface area contributed by atoms with Crippen LogP contribution >= 0.6 is 0 Å². The zero-order chi connectivity index (χ0) is 25.2. The van der Waals surface area contributed by atoms with Gasteiger partial charge in [-0.05, 0) is 60.9 Å². The number of urea groups is 1. The van der Waals surface area contributed by atoms with E-state index in [0.29, 0.717) is 19.6 Å². The van der Waals surface area contributed by atoms with Crippen molar-refractivity contribution in [2.45, 2.75) is 32.4 Å². The van der Waals surface area contributed by atoms with Crippen molar-refractivity contribution >= 4 is 23.5 Å². The third kappa shape index (κ3) is 4.67. The van der Waals surface area contributed by atoms with E-state index in [1.165, 1.54) is 17.7 Å². The van der Waals surface area contributed by atoms with Gasteiger partial charge in [-0.25, -0.2) is 19.2 Å². The highest BCUT2D eigenvalue weighted by atomic mass is 19.1. The number of nitrogens with zero attached hydrogens (tertiary/aromatic N) is 4. The Morgan fingerprint density at radius 1 is 1.14 bits per heavy atom. The van der Waals surface area contributed by atoms with E-state index in [1.54, 1.807) is 18.5 Å². The molecule has 2 heterocycles. The Kier molecular flexibility index (Phi) is 6.43. The number of benzene rings is 2. The fourth-order valence-electron chi connectivity index (χ4n) is 4.89. The number of hydrogen-bond donors (Lipinski definition) is 1. The summed E-state index contributed by atoms with van der Waals surface area (Å²) in [6.45, 7) is 5.87. The van der Waals surface area contributed by atoms with Gasteiger partial charge in [0.2, 0.25) is 0 Å². The predicted molar refractivity (Wildman–Crippen MR) is 140 cm³/mol. The first kappa shape index (κ1) is 23.6. The van der Waals surface area contributed by atoms with Crippen molar-refractivity contribution in [3.05, 3.63) is 88.6 Å². The van der Waals surface area contributed by atoms with E-state index < -0.39 is 0 Å². The lowest BCUT2D eigenvalue weighted by atomic mass is 10.0. The molecule has 1 aliphatic heterocycles. The molecule has 2 aliphatic rings. The molecule has 2 aromatic carbocycles. The molecule has 182 valence electrons. The van der Waals surface area contributed by atoms with Gasteiger partial charge in [-0.2, -0.15) is 0 Å². The van der Waals surface area contributed by atoms with Gasteiger partial charge in [0, 0.05) is 43.2 Å². The second-order valence-electron chi connectivity index (χ2n) is 9.34. The Morgan fingerprint density at radius 2 is 1.89 bits per heavy atom. The molecule has 0 saturated carbocycles. The zero-order valence-corrected chi connectivity index (χ0v) is 20.4. The zero-order valence-electron chi connectivity index (χ0n) is 20.4. The maximum Gasteiger partial charge on any atom is 0.318 e. The lowest BCUT2D eigenvalue weighted by molar-refractivity contribution is 0.168. The average Bonchev–Trinajstić information content (AvgIpc) is 3.33. The first-order valence-corrected chi connectivity index (χ1v) is 12.1. The molecule has 1 fully saturated rings. The van der Waals surface area contributed by atoms with E-state index in [9.17, 15) is 9.18 Å². The minimum Gasteiger partial charge on any atom is -0.352 e. The number of terminal acetylenes is 1. The van der Waals surface area contributed by atoms with Gasteiger partial charge in [0.1, 0.15) is 18.0 Å². The standard InChI is InChI=1S/C29H28FN5O/c1-4-21-5-7-23(8-6-21)24-15-26-27(16-24)31-18-32-28(26)34-13-14-35(19(2)17-34)29(36)33-20(3)22-9-11-25(30)12-10-22/h1,5-12,15,18-20H,13-14,16-17H2,2-3H3,(H,33,36)/t19-,20+/m1/s1. The molecule has 7 heteroatoms. The molecule has 0 spiro atoms. The quantitative estimate of drug-likeness (QED) is 0.550. The number of anilines is 1. The SMILES string of the molecule is C#Cc1ccc(C2=Cc3c(ncnc3N3CCN(C(=O)N[C@@H](C)c4ccc(F)cc4)[C@H](C)C3)C2)cc1. The summed E-state index contributed by atoms with van der Waals surface area (Å²) in [6.07, 6.45) is 10.0. The number of carbonyl (C=O) groups excluding carboxylic acids is 1. The van der Waals surface area contributed by atoms with Crippen molar-refractivity contribution in [3.63, 3.8) is 0 Å². The molecule has 1 N–H and O–H groups in total. The molecular weight excluding hydrogens is 453 g/mol. The second-order valence-corrected chi connectivity index (χ2v) is 9.34. The third-order valence-electron chi connectivity index (χ3n) is 6.94. The molecule has 6 nitrogen and oxygen atoms in total. The summed E-state index contributed by atoms with van der Waals surface area (Å²) >= 11 is 0. The number of piperazine rings is 1. The summed E-state index contributed by atoms with van der Waals surface area (Å²) in [4.78, 5) is 26.3. The molecule has 3 aromatic rings. The Labute approximate surface area is 210 Å². The summed E-state index contributed by atoms with van der Waals surface area (Å²) in [5.41, 5.74) is 6.10. The highest BCUT2D eigenvalue weighted by molar-refractivity contribution is 5.91. The first-order chi connectivity index (χ1) is 17.4. The lowest BCUT2D eigenvalue weighted by Crippen LogP contribution is -2.57. The first-order valence-electron chi connectivity index (χ1n) is 12.1. The average molecular weight is 482 g/mol. The van der Waals surface area contributed by atoms with Crippen LogP contribution in [0, 0.1) is 18.2 Å². The van der Waals surface area contributed by atoms with Gasteiger partial charge < -0.3 is 15.1 Å². The van der Waals surface area contributed by atoms with Crippen LogP contribution in [0.25, 0.3) is 11.6 Å². The van der Waals surface area contributed by atoms with Crippen LogP contribution in [0.1, 0.15) is 47.8 Å². The fourth-order valence-corrected chi connectivity index (χ4v) is 4.89. The van der Waals surface area contributed by atoms with Crippen molar-refractivity contribution < 1.29 is 9.18 Å². The summed E-state index contributed by atoms with van der Waals surface area (Å²) in [6, 6.07) is 13.9. The highest BCUT2D eigenvalue weighted by Crippen LogP contribution is 2.35. The van der Waals surface area contributed by atoms with Gasteiger partial charge in [0.25, 0.3) is 0 Å². The Bertz CT molecular complexity index is 1340. The number of fused-ring (bicyclic) bond motifs is 1. The maximum absolute atomic E-state index is 13.2. The molecule has 1 saturated heterocycles. The summed E-state index contributed by atoms with van der Waals surface area (Å²) in [5.74, 6) is 3.27. The topological polar surface area (TPSA) is 61.4 Å². The number of hydrogen-bond acceptors (Lipinski definition) is 4. The van der Waals surface area contributed by atoms with Gasteiger partial charge in [-0.1, -0.05) is 30.2 Å². The molecule has 36 heavy (non-hydrogen) atoms. The largest absolute Gasteiger partial charge is 0.352 e. The van der Waals surface area contributed by atoms with Gasteiger partial charge in [-0.15, -0.1) is 6.42 Å². The number of aromatic nitrogens is 2. The van der Waals surface area contributed by atoms with Crippen LogP contribution in [0.15, 0.2) is 54.9 Å². The molecule has 0 bridgehead atoms. The van der Waals surface area contributed by atoms with Crippen molar-refractivity contribution in [2.75, 3.05) is 24.5 Å². The molecule has 0 unspecified atom stereocenters. The van der Waals surface area contributed by atoms with Crippen LogP contribution in [0.3, 0.4) is 0 Å². The van der Waals surface area contributed by atoms with E-state index in [1.807, 2.05) is 43.0 Å². The smallest absolute Gasteiger partial charge is 0.318 e. The van der Waals surface area contributed by atoms with Crippen molar-refractivity contribution in [1.82, 2.24) is 20.2 Å². The van der Waals surface area contributed by atoms with Crippen LogP contribution < -0.4 is 10.2 Å². The van der Waals surface area contributed by atoms with E-state index in [-0.39, 0.29) is 23.9 Å². The van der Waals surface area contributed by atoms with Crippen LogP contribution in [-0.4, -0.2) is 46.6 Å². The number of halogens is 1. The van der Waals surface area contributed by atoms with E-state index >= 15 is 0 Å². The molecule has 2 atom stereocenters. The van der Waals surface area contributed by atoms with Gasteiger partial charge in [-0.3, -0.25) is 0 Å². The predicted octanol–water partition coefficient (Wildman–Crippen LogP) is 4.68. The maximum atomic E-state index is 13.2. The molecule has 5 rings (SSSR count). The summed E-state index contributed by atoms with van der Waals surface area (Å²) in [7, 11) is 0. The number of carbonyl (C=O) groups is 1. The minimum absolute atomic E-state index is 0.00839. The van der Waals surface area contributed by atoms with Gasteiger partial charge in [0.05, 0.1) is 11.7 Å². The fraction of sp³-hybridized carbons (Fsp3) is 0.276. The van der Waals surface area contributed by atoms with E-state index in [0.717, 1.165) is 40.2 Å². The lowest BCUT2D eigenvalue weighted by Gasteiger charge is -2.41. The normalized spacial score (nSPS) is 17.7. The van der Waals surface area contributed by atoms with Gasteiger partial charge >= 0.3 is 6.03 Å². The Morgan fingerprint density at radius 3 is 2.58 bits per heavy atom. The number of allylic oxidation sites excluding steroid dienone is 1. The monoisotopic (exact) mass is 481 g/mol. The molecule has 1 aromatic heterocycles. The second kappa shape index (κ2) is 9.82. The van der Waals surface area contributed by atoms with Crippen molar-refractivity contribution in [3.8, 4) is 12.3 Å². The van der Waals surface area contributed by atoms with Crippen LogP contribution in [-0.2, 0) is 6.42 Å². The van der Waals surface area contributed by atoms with E-state index in [2.05, 4.69) is 32.2 Å². The third-order valence-corrected chi connectivity index (χ3v) is 6.94. The molecule has 0 radical (unpaired) electrons. The van der Waals surface area contributed by atoms with Crippen LogP contribution in [0.4, 0.5) is 15.0 Å².